The van der Waals surface area contributed by atoms with E-state index in [1.54, 1.807) is 0 Å². The van der Waals surface area contributed by atoms with Crippen LogP contribution < -0.4 is 4.90 Å². The molecule has 0 N–H and O–H groups in total. The van der Waals surface area contributed by atoms with Gasteiger partial charge in [0.1, 0.15) is 11.3 Å². The Bertz CT molecular complexity index is 527. The summed E-state index contributed by atoms with van der Waals surface area (Å²) >= 11 is 0. The van der Waals surface area contributed by atoms with Gasteiger partial charge in [-0.15, -0.1) is 0 Å². The quantitative estimate of drug-likeness (QED) is 0.734. The van der Waals surface area contributed by atoms with Crippen molar-refractivity contribution in [1.82, 2.24) is 9.38 Å². The van der Waals surface area contributed by atoms with E-state index in [0.717, 1.165) is 43.7 Å². The number of hydrogen-bond donors (Lipinski definition) is 0. The predicted molar refractivity (Wildman–Crippen MR) is 73.4 cm³/mol. The van der Waals surface area contributed by atoms with Gasteiger partial charge >= 0.3 is 0 Å². The van der Waals surface area contributed by atoms with Crippen LogP contribution in [0.15, 0.2) is 24.4 Å². The molecule has 0 amide bonds. The van der Waals surface area contributed by atoms with E-state index < -0.39 is 0 Å². The summed E-state index contributed by atoms with van der Waals surface area (Å²) in [5, 5.41) is 0. The highest BCUT2D eigenvalue weighted by molar-refractivity contribution is 5.83. The van der Waals surface area contributed by atoms with Crippen molar-refractivity contribution in [3.63, 3.8) is 0 Å². The van der Waals surface area contributed by atoms with Crippen molar-refractivity contribution in [3.8, 4) is 0 Å². The Labute approximate surface area is 107 Å². The van der Waals surface area contributed by atoms with E-state index in [1.165, 1.54) is 0 Å². The van der Waals surface area contributed by atoms with Crippen LogP contribution in [0, 0.1) is 0 Å². The smallest absolute Gasteiger partial charge is 0.170 e. The number of nitrogens with zero attached hydrogens (tertiary/aromatic N) is 3. The van der Waals surface area contributed by atoms with Crippen molar-refractivity contribution in [3.05, 3.63) is 30.1 Å². The maximum atomic E-state index is 11.3. The third-order valence-corrected chi connectivity index (χ3v) is 2.95. The Hall–Kier alpha value is -1.84. The van der Waals surface area contributed by atoms with Crippen molar-refractivity contribution < 1.29 is 4.79 Å². The summed E-state index contributed by atoms with van der Waals surface area (Å²) in [4.78, 5) is 18.1. The minimum atomic E-state index is 0.646. The van der Waals surface area contributed by atoms with Gasteiger partial charge in [0.2, 0.25) is 0 Å². The Morgan fingerprint density at radius 3 is 2.61 bits per heavy atom. The first-order valence-electron chi connectivity index (χ1n) is 6.49. The Balaban J connectivity index is 2.50. The fourth-order valence-electron chi connectivity index (χ4n) is 2.21. The average Bonchev–Trinajstić information content (AvgIpc) is 2.76. The second kappa shape index (κ2) is 5.67. The first-order chi connectivity index (χ1) is 8.81. The number of imidazole rings is 1. The van der Waals surface area contributed by atoms with Crippen LogP contribution in [-0.2, 0) is 0 Å². The van der Waals surface area contributed by atoms with E-state index >= 15 is 0 Å². The summed E-state index contributed by atoms with van der Waals surface area (Å²) in [7, 11) is 0. The van der Waals surface area contributed by atoms with E-state index in [9.17, 15) is 4.79 Å². The van der Waals surface area contributed by atoms with Gasteiger partial charge in [-0.2, -0.15) is 0 Å². The normalized spacial score (nSPS) is 10.8. The zero-order valence-corrected chi connectivity index (χ0v) is 11.0. The van der Waals surface area contributed by atoms with Gasteiger partial charge in [0.15, 0.2) is 12.1 Å². The summed E-state index contributed by atoms with van der Waals surface area (Å²) in [6.07, 6.45) is 4.87. The molecular formula is C14H19N3O. The summed E-state index contributed by atoms with van der Waals surface area (Å²) in [5.41, 5.74) is 1.47. The van der Waals surface area contributed by atoms with Gasteiger partial charge in [-0.3, -0.25) is 9.20 Å². The monoisotopic (exact) mass is 245 g/mol. The first kappa shape index (κ1) is 12.6. The van der Waals surface area contributed by atoms with Crippen LogP contribution in [0.2, 0.25) is 0 Å². The number of carbonyl (C=O) groups excluding carboxylic acids is 1. The van der Waals surface area contributed by atoms with Gasteiger partial charge in [-0.05, 0) is 25.0 Å². The molecule has 2 heterocycles. The third-order valence-electron chi connectivity index (χ3n) is 2.95. The largest absolute Gasteiger partial charge is 0.355 e. The Morgan fingerprint density at radius 1 is 1.28 bits per heavy atom. The number of pyridine rings is 1. The minimum Gasteiger partial charge on any atom is -0.355 e. The highest BCUT2D eigenvalue weighted by Crippen LogP contribution is 2.20. The van der Waals surface area contributed by atoms with Gasteiger partial charge in [-0.25, -0.2) is 4.98 Å². The topological polar surface area (TPSA) is 37.6 Å². The fraction of sp³-hybridized carbons (Fsp3) is 0.429. The van der Waals surface area contributed by atoms with Crippen LogP contribution in [0.5, 0.6) is 0 Å². The molecule has 2 aromatic rings. The maximum absolute atomic E-state index is 11.3. The molecule has 18 heavy (non-hydrogen) atoms. The molecule has 2 aromatic heterocycles. The summed E-state index contributed by atoms with van der Waals surface area (Å²) in [6.45, 7) is 6.13. The van der Waals surface area contributed by atoms with Crippen molar-refractivity contribution in [2.75, 3.05) is 18.0 Å². The molecule has 0 spiro atoms. The molecule has 0 aromatic carbocycles. The third kappa shape index (κ3) is 2.23. The van der Waals surface area contributed by atoms with Gasteiger partial charge in [0.25, 0.3) is 0 Å². The van der Waals surface area contributed by atoms with Crippen LogP contribution >= 0.6 is 0 Å². The molecule has 0 fully saturated rings. The predicted octanol–water partition coefficient (Wildman–Crippen LogP) is 2.77. The molecule has 0 aliphatic carbocycles. The highest BCUT2D eigenvalue weighted by Gasteiger charge is 2.16. The van der Waals surface area contributed by atoms with E-state index in [2.05, 4.69) is 23.7 Å². The molecule has 2 rings (SSSR count). The van der Waals surface area contributed by atoms with Crippen LogP contribution in [0.3, 0.4) is 0 Å². The summed E-state index contributed by atoms with van der Waals surface area (Å²) in [5.74, 6) is 0.805. The molecule has 0 saturated heterocycles. The van der Waals surface area contributed by atoms with Gasteiger partial charge in [0.05, 0.1) is 0 Å². The Kier molecular flexibility index (Phi) is 3.97. The molecule has 96 valence electrons. The standard InChI is InChI=1S/C14H19N3O/c1-3-8-16(9-4-2)14-12(11-18)17-10-6-5-7-13(17)15-14/h5-7,10-11H,3-4,8-9H2,1-2H3. The fourth-order valence-corrected chi connectivity index (χ4v) is 2.21. The van der Waals surface area contributed by atoms with E-state index in [4.69, 9.17) is 0 Å². The molecule has 4 nitrogen and oxygen atoms in total. The number of rotatable bonds is 6. The van der Waals surface area contributed by atoms with E-state index in [0.29, 0.717) is 5.69 Å². The molecule has 0 atom stereocenters. The van der Waals surface area contributed by atoms with Crippen LogP contribution in [-0.4, -0.2) is 28.8 Å². The van der Waals surface area contributed by atoms with Crippen LogP contribution in [0.25, 0.3) is 5.65 Å². The molecule has 0 aliphatic rings. The number of fused-ring (bicyclic) bond motifs is 1. The lowest BCUT2D eigenvalue weighted by molar-refractivity contribution is 0.111. The molecule has 0 radical (unpaired) electrons. The van der Waals surface area contributed by atoms with E-state index in [-0.39, 0.29) is 0 Å². The SMILES string of the molecule is CCCN(CCC)c1nc2ccccn2c1C=O. The minimum absolute atomic E-state index is 0.646. The van der Waals surface area contributed by atoms with Crippen LogP contribution in [0.1, 0.15) is 37.2 Å². The number of hydrogen-bond acceptors (Lipinski definition) is 3. The number of aromatic nitrogens is 2. The zero-order valence-electron chi connectivity index (χ0n) is 11.0. The summed E-state index contributed by atoms with van der Waals surface area (Å²) < 4.78 is 1.85. The molecule has 0 bridgehead atoms. The van der Waals surface area contributed by atoms with Crippen molar-refractivity contribution in [2.45, 2.75) is 26.7 Å². The van der Waals surface area contributed by atoms with Gasteiger partial charge in [-0.1, -0.05) is 19.9 Å². The lowest BCUT2D eigenvalue weighted by atomic mass is 10.3. The van der Waals surface area contributed by atoms with Crippen molar-refractivity contribution in [2.24, 2.45) is 0 Å². The summed E-state index contributed by atoms with van der Waals surface area (Å²) in [6, 6.07) is 5.77. The molecule has 4 heteroatoms. The second-order valence-electron chi connectivity index (χ2n) is 4.35. The molecule has 0 unspecified atom stereocenters. The van der Waals surface area contributed by atoms with Gasteiger partial charge in [0, 0.05) is 19.3 Å². The maximum Gasteiger partial charge on any atom is 0.170 e. The van der Waals surface area contributed by atoms with Crippen molar-refractivity contribution in [1.29, 1.82) is 0 Å². The van der Waals surface area contributed by atoms with Crippen molar-refractivity contribution >= 4 is 17.8 Å². The van der Waals surface area contributed by atoms with Gasteiger partial charge < -0.3 is 4.90 Å². The second-order valence-corrected chi connectivity index (χ2v) is 4.35. The lowest BCUT2D eigenvalue weighted by Gasteiger charge is -2.21. The highest BCUT2D eigenvalue weighted by atomic mass is 16.1. The first-order valence-corrected chi connectivity index (χ1v) is 6.49. The number of anilines is 1. The molecule has 0 aliphatic heterocycles. The molecular weight excluding hydrogens is 226 g/mol. The van der Waals surface area contributed by atoms with E-state index in [1.807, 2.05) is 28.8 Å². The average molecular weight is 245 g/mol. The molecule has 0 saturated carbocycles. The number of aldehydes is 1. The number of carbonyl (C=O) groups is 1. The van der Waals surface area contributed by atoms with Crippen LogP contribution in [0.4, 0.5) is 5.82 Å². The Morgan fingerprint density at radius 2 is 2.00 bits per heavy atom. The zero-order chi connectivity index (χ0) is 13.0. The lowest BCUT2D eigenvalue weighted by Crippen LogP contribution is -2.26.